The first-order valence-electron chi connectivity index (χ1n) is 10.2. The molecule has 1 amide bonds. The van der Waals surface area contributed by atoms with Crippen molar-refractivity contribution < 1.29 is 9.21 Å². The number of nitrogens with zero attached hydrogens (tertiary/aromatic N) is 4. The highest BCUT2D eigenvalue weighted by molar-refractivity contribution is 7.99. The van der Waals surface area contributed by atoms with Gasteiger partial charge in [0.25, 0.3) is 0 Å². The summed E-state index contributed by atoms with van der Waals surface area (Å²) in [4.78, 5) is 15.0. The van der Waals surface area contributed by atoms with E-state index in [1.54, 1.807) is 6.26 Å². The van der Waals surface area contributed by atoms with Crippen LogP contribution in [0, 0.1) is 6.92 Å². The average Bonchev–Trinajstić information content (AvgIpc) is 3.41. The lowest BCUT2D eigenvalue weighted by Gasteiger charge is -2.27. The van der Waals surface area contributed by atoms with Gasteiger partial charge in [0.1, 0.15) is 5.76 Å². The molecule has 2 aromatic heterocycles. The van der Waals surface area contributed by atoms with Crippen LogP contribution in [0.4, 0.5) is 0 Å². The molecule has 0 saturated carbocycles. The smallest absolute Gasteiger partial charge is 0.237 e. The van der Waals surface area contributed by atoms with Crippen LogP contribution in [0.5, 0.6) is 0 Å². The Labute approximate surface area is 181 Å². The largest absolute Gasteiger partial charge is 0.467 e. The minimum atomic E-state index is 0.0602. The summed E-state index contributed by atoms with van der Waals surface area (Å²) < 4.78 is 7.45. The predicted molar refractivity (Wildman–Crippen MR) is 118 cm³/mol. The van der Waals surface area contributed by atoms with Gasteiger partial charge in [-0.15, -0.1) is 10.2 Å². The molecular weight excluding hydrogens is 396 g/mol. The van der Waals surface area contributed by atoms with Crippen LogP contribution in [0.3, 0.4) is 0 Å². The first-order valence-corrected chi connectivity index (χ1v) is 11.2. The van der Waals surface area contributed by atoms with Crippen LogP contribution in [0.1, 0.15) is 37.0 Å². The lowest BCUT2D eigenvalue weighted by Crippen LogP contribution is -2.32. The minimum absolute atomic E-state index is 0.0602. The van der Waals surface area contributed by atoms with Gasteiger partial charge in [-0.2, -0.15) is 0 Å². The predicted octanol–water partition coefficient (Wildman–Crippen LogP) is 4.96. The fraction of sp³-hybridized carbons (Fsp3) is 0.348. The molecule has 0 bridgehead atoms. The van der Waals surface area contributed by atoms with Gasteiger partial charge in [0.2, 0.25) is 5.91 Å². The molecule has 0 aliphatic heterocycles. The Morgan fingerprint density at radius 2 is 2.07 bits per heavy atom. The molecule has 0 N–H and O–H groups in total. The van der Waals surface area contributed by atoms with E-state index in [9.17, 15) is 4.79 Å². The van der Waals surface area contributed by atoms with Gasteiger partial charge in [-0.05, 0) is 50.3 Å². The molecule has 6 nitrogen and oxygen atoms in total. The molecule has 156 valence electrons. The SMILES string of the molecule is Cc1ccccc1-c1nnc(SCC(=O)N(Cc2ccco2)C2=CCCCC2)n1C. The van der Waals surface area contributed by atoms with E-state index < -0.39 is 0 Å². The van der Waals surface area contributed by atoms with E-state index in [1.807, 2.05) is 46.8 Å². The van der Waals surface area contributed by atoms with E-state index in [-0.39, 0.29) is 5.91 Å². The summed E-state index contributed by atoms with van der Waals surface area (Å²) in [6, 6.07) is 11.9. The van der Waals surface area contributed by atoms with E-state index in [0.717, 1.165) is 52.8 Å². The van der Waals surface area contributed by atoms with Gasteiger partial charge in [-0.25, -0.2) is 0 Å². The van der Waals surface area contributed by atoms with Gasteiger partial charge in [-0.1, -0.05) is 42.1 Å². The van der Waals surface area contributed by atoms with Crippen LogP contribution in [0.2, 0.25) is 0 Å². The highest BCUT2D eigenvalue weighted by Gasteiger charge is 2.22. The Bertz CT molecular complexity index is 1040. The lowest BCUT2D eigenvalue weighted by molar-refractivity contribution is -0.127. The zero-order valence-electron chi connectivity index (χ0n) is 17.4. The monoisotopic (exact) mass is 422 g/mol. The number of amides is 1. The van der Waals surface area contributed by atoms with Crippen LogP contribution in [-0.2, 0) is 18.4 Å². The quantitative estimate of drug-likeness (QED) is 0.504. The second-order valence-electron chi connectivity index (χ2n) is 7.47. The summed E-state index contributed by atoms with van der Waals surface area (Å²) >= 11 is 1.42. The van der Waals surface area contributed by atoms with Crippen LogP contribution in [0.25, 0.3) is 11.4 Å². The van der Waals surface area contributed by atoms with Crippen LogP contribution in [0.15, 0.2) is 64.0 Å². The molecular formula is C23H26N4O2S. The molecule has 1 aliphatic rings. The van der Waals surface area contributed by atoms with Crippen LogP contribution >= 0.6 is 11.8 Å². The molecule has 3 aromatic rings. The van der Waals surface area contributed by atoms with Crippen molar-refractivity contribution in [3.63, 3.8) is 0 Å². The highest BCUT2D eigenvalue weighted by atomic mass is 32.2. The normalized spacial score (nSPS) is 13.9. The van der Waals surface area contributed by atoms with Crippen molar-refractivity contribution in [3.05, 3.63) is 65.8 Å². The number of aryl methyl sites for hydroxylation is 1. The Hall–Kier alpha value is -2.80. The molecule has 2 heterocycles. The zero-order chi connectivity index (χ0) is 20.9. The summed E-state index contributed by atoms with van der Waals surface area (Å²) in [5, 5.41) is 9.42. The standard InChI is InChI=1S/C23H26N4O2S/c1-17-9-6-7-13-20(17)22-24-25-23(26(22)2)30-16-21(28)27(15-19-12-8-14-29-19)18-10-4-3-5-11-18/h6-10,12-14H,3-5,11,15-16H2,1-2H3. The summed E-state index contributed by atoms with van der Waals surface area (Å²) in [5.41, 5.74) is 3.30. The van der Waals surface area contributed by atoms with Crippen LogP contribution in [-0.4, -0.2) is 31.3 Å². The third kappa shape index (κ3) is 4.51. The van der Waals surface area contributed by atoms with E-state index in [0.29, 0.717) is 12.3 Å². The lowest BCUT2D eigenvalue weighted by atomic mass is 10.0. The van der Waals surface area contributed by atoms with Gasteiger partial charge in [0.15, 0.2) is 11.0 Å². The van der Waals surface area contributed by atoms with E-state index in [2.05, 4.69) is 29.3 Å². The molecule has 7 heteroatoms. The molecule has 30 heavy (non-hydrogen) atoms. The summed E-state index contributed by atoms with van der Waals surface area (Å²) in [6.45, 7) is 2.52. The third-order valence-electron chi connectivity index (χ3n) is 5.35. The Morgan fingerprint density at radius 1 is 1.20 bits per heavy atom. The molecule has 0 radical (unpaired) electrons. The fourth-order valence-corrected chi connectivity index (χ4v) is 4.46. The van der Waals surface area contributed by atoms with Crippen molar-refractivity contribution in [2.75, 3.05) is 5.75 Å². The number of benzene rings is 1. The molecule has 0 atom stereocenters. The second kappa shape index (κ2) is 9.34. The third-order valence-corrected chi connectivity index (χ3v) is 6.36. The Morgan fingerprint density at radius 3 is 2.80 bits per heavy atom. The van der Waals surface area contributed by atoms with Crippen molar-refractivity contribution in [2.45, 2.75) is 44.3 Å². The van der Waals surface area contributed by atoms with Crippen molar-refractivity contribution in [1.29, 1.82) is 0 Å². The highest BCUT2D eigenvalue weighted by Crippen LogP contribution is 2.27. The van der Waals surface area contributed by atoms with Gasteiger partial charge in [0, 0.05) is 18.3 Å². The Kier molecular flexibility index (Phi) is 6.38. The van der Waals surface area contributed by atoms with Crippen molar-refractivity contribution in [2.24, 2.45) is 7.05 Å². The summed E-state index contributed by atoms with van der Waals surface area (Å²) in [7, 11) is 1.94. The molecule has 1 aliphatic carbocycles. The van der Waals surface area contributed by atoms with Crippen LogP contribution < -0.4 is 0 Å². The van der Waals surface area contributed by atoms with E-state index >= 15 is 0 Å². The maximum absolute atomic E-state index is 13.1. The number of carbonyl (C=O) groups excluding carboxylic acids is 1. The number of rotatable bonds is 7. The molecule has 1 aromatic carbocycles. The number of hydrogen-bond acceptors (Lipinski definition) is 5. The van der Waals surface area contributed by atoms with Gasteiger partial charge < -0.3 is 13.9 Å². The number of aromatic nitrogens is 3. The van der Waals surface area contributed by atoms with Crippen molar-refractivity contribution in [3.8, 4) is 11.4 Å². The van der Waals surface area contributed by atoms with Crippen molar-refractivity contribution in [1.82, 2.24) is 19.7 Å². The number of thioether (sulfide) groups is 1. The average molecular weight is 423 g/mol. The zero-order valence-corrected chi connectivity index (χ0v) is 18.2. The van der Waals surface area contributed by atoms with E-state index in [1.165, 1.54) is 18.2 Å². The molecule has 0 unspecified atom stereocenters. The topological polar surface area (TPSA) is 64.2 Å². The van der Waals surface area contributed by atoms with Gasteiger partial charge in [0.05, 0.1) is 18.6 Å². The van der Waals surface area contributed by atoms with Gasteiger partial charge in [-0.3, -0.25) is 4.79 Å². The summed E-state index contributed by atoms with van der Waals surface area (Å²) in [5.74, 6) is 1.97. The second-order valence-corrected chi connectivity index (χ2v) is 8.41. The number of allylic oxidation sites excluding steroid dienone is 2. The van der Waals surface area contributed by atoms with Gasteiger partial charge >= 0.3 is 0 Å². The number of hydrogen-bond donors (Lipinski definition) is 0. The maximum atomic E-state index is 13.1. The fourth-order valence-electron chi connectivity index (χ4n) is 3.68. The summed E-state index contributed by atoms with van der Waals surface area (Å²) in [6.07, 6.45) is 8.08. The molecule has 0 spiro atoms. The first kappa shape index (κ1) is 20.5. The van der Waals surface area contributed by atoms with Crippen molar-refractivity contribution >= 4 is 17.7 Å². The van der Waals surface area contributed by atoms with E-state index in [4.69, 9.17) is 4.42 Å². The molecule has 4 rings (SSSR count). The molecule has 0 fully saturated rings. The Balaban J connectivity index is 1.48. The minimum Gasteiger partial charge on any atom is -0.467 e. The first-order chi connectivity index (χ1) is 14.6. The molecule has 0 saturated heterocycles. The number of furan rings is 1. The number of carbonyl (C=O) groups is 1. The maximum Gasteiger partial charge on any atom is 0.237 e.